The molecule has 1 aliphatic heterocycles. The Morgan fingerprint density at radius 1 is 1.00 bits per heavy atom. The molecule has 2 aromatic rings. The van der Waals surface area contributed by atoms with Gasteiger partial charge < -0.3 is 10.2 Å². The van der Waals surface area contributed by atoms with Crippen molar-refractivity contribution in [2.75, 3.05) is 13.1 Å². The number of nitrogens with zero attached hydrogens (tertiary/aromatic N) is 1. The Labute approximate surface area is 150 Å². The second-order valence-corrected chi connectivity index (χ2v) is 7.04. The lowest BCUT2D eigenvalue weighted by Gasteiger charge is -2.32. The number of nitrogens with one attached hydrogen (secondary N) is 1. The van der Waals surface area contributed by atoms with Gasteiger partial charge in [0, 0.05) is 13.1 Å². The monoisotopic (exact) mass is 338 g/mol. The number of hydrogen-bond acceptors (Lipinski definition) is 1. The molecule has 0 bridgehead atoms. The van der Waals surface area contributed by atoms with Gasteiger partial charge in [-0.15, -0.1) is 0 Å². The van der Waals surface area contributed by atoms with E-state index in [4.69, 9.17) is 12.2 Å². The van der Waals surface area contributed by atoms with Crippen molar-refractivity contribution in [1.82, 2.24) is 10.2 Å². The van der Waals surface area contributed by atoms with Gasteiger partial charge in [0.15, 0.2) is 5.11 Å². The van der Waals surface area contributed by atoms with Crippen LogP contribution in [0.15, 0.2) is 54.6 Å². The minimum atomic E-state index is 0.211. The summed E-state index contributed by atoms with van der Waals surface area (Å²) in [5.41, 5.74) is 3.92. The molecule has 1 heterocycles. The second kappa shape index (κ2) is 8.29. The smallest absolute Gasteiger partial charge is 0.169 e. The zero-order valence-electron chi connectivity index (χ0n) is 14.4. The van der Waals surface area contributed by atoms with Crippen molar-refractivity contribution in [1.29, 1.82) is 0 Å². The molecular formula is C21H26N2S. The van der Waals surface area contributed by atoms with Crippen LogP contribution in [0.1, 0.15) is 42.0 Å². The standard InChI is InChI=1S/C21H26N2S/c1-17-10-12-18(13-11-17)16-20(19-8-4-2-5-9-19)22-21(24)23-14-6-3-7-15-23/h2,4-5,8-13,20H,3,6-7,14-16H2,1H3,(H,22,24). The molecule has 24 heavy (non-hydrogen) atoms. The number of aryl methyl sites for hydroxylation is 1. The van der Waals surface area contributed by atoms with Gasteiger partial charge in [-0.3, -0.25) is 0 Å². The lowest BCUT2D eigenvalue weighted by molar-refractivity contribution is 0.334. The Morgan fingerprint density at radius 2 is 1.67 bits per heavy atom. The van der Waals surface area contributed by atoms with Crippen LogP contribution in [0, 0.1) is 6.92 Å². The van der Waals surface area contributed by atoms with E-state index in [1.165, 1.54) is 36.0 Å². The van der Waals surface area contributed by atoms with Crippen LogP contribution in [0.5, 0.6) is 0 Å². The van der Waals surface area contributed by atoms with Crippen LogP contribution < -0.4 is 5.32 Å². The van der Waals surface area contributed by atoms with Gasteiger partial charge in [0.25, 0.3) is 0 Å². The number of benzene rings is 2. The summed E-state index contributed by atoms with van der Waals surface area (Å²) in [6.07, 6.45) is 4.76. The normalized spacial score (nSPS) is 15.8. The zero-order valence-corrected chi connectivity index (χ0v) is 15.2. The molecule has 1 saturated heterocycles. The molecular weight excluding hydrogens is 312 g/mol. The molecule has 3 heteroatoms. The lowest BCUT2D eigenvalue weighted by Crippen LogP contribution is -2.44. The van der Waals surface area contributed by atoms with E-state index >= 15 is 0 Å². The number of rotatable bonds is 4. The highest BCUT2D eigenvalue weighted by molar-refractivity contribution is 7.80. The predicted octanol–water partition coefficient (Wildman–Crippen LogP) is 4.64. The van der Waals surface area contributed by atoms with Crippen molar-refractivity contribution in [2.24, 2.45) is 0 Å². The third kappa shape index (κ3) is 4.57. The number of likely N-dealkylation sites (tertiary alicyclic amines) is 1. The Balaban J connectivity index is 1.74. The van der Waals surface area contributed by atoms with E-state index in [-0.39, 0.29) is 6.04 Å². The van der Waals surface area contributed by atoms with E-state index in [1.807, 2.05) is 0 Å². The van der Waals surface area contributed by atoms with E-state index in [0.29, 0.717) is 0 Å². The van der Waals surface area contributed by atoms with E-state index in [0.717, 1.165) is 24.6 Å². The summed E-state index contributed by atoms with van der Waals surface area (Å²) in [6.45, 7) is 4.29. The molecule has 1 N–H and O–H groups in total. The molecule has 0 radical (unpaired) electrons. The highest BCUT2D eigenvalue weighted by atomic mass is 32.1. The summed E-state index contributed by atoms with van der Waals surface area (Å²) >= 11 is 5.70. The Hall–Kier alpha value is -1.87. The fourth-order valence-corrected chi connectivity index (χ4v) is 3.56. The maximum Gasteiger partial charge on any atom is 0.169 e. The molecule has 0 aromatic heterocycles. The minimum absolute atomic E-state index is 0.211. The molecule has 2 aromatic carbocycles. The van der Waals surface area contributed by atoms with Crippen molar-refractivity contribution >= 4 is 17.3 Å². The number of hydrogen-bond donors (Lipinski definition) is 1. The summed E-state index contributed by atoms with van der Waals surface area (Å²) in [6, 6.07) is 19.6. The van der Waals surface area contributed by atoms with Gasteiger partial charge >= 0.3 is 0 Å². The first kappa shape index (κ1) is 17.0. The maximum absolute atomic E-state index is 5.70. The molecule has 1 atom stereocenters. The van der Waals surface area contributed by atoms with Crippen molar-refractivity contribution in [3.8, 4) is 0 Å². The number of thiocarbonyl (C=S) groups is 1. The molecule has 1 fully saturated rings. The Morgan fingerprint density at radius 3 is 2.33 bits per heavy atom. The van der Waals surface area contributed by atoms with Crippen LogP contribution in [0.2, 0.25) is 0 Å². The largest absolute Gasteiger partial charge is 0.355 e. The van der Waals surface area contributed by atoms with Gasteiger partial charge in [-0.05, 0) is 56.0 Å². The quantitative estimate of drug-likeness (QED) is 0.818. The number of piperidine rings is 1. The first-order valence-electron chi connectivity index (χ1n) is 8.88. The second-order valence-electron chi connectivity index (χ2n) is 6.65. The van der Waals surface area contributed by atoms with Gasteiger partial charge in [-0.1, -0.05) is 60.2 Å². The van der Waals surface area contributed by atoms with Crippen LogP contribution in [0.25, 0.3) is 0 Å². The van der Waals surface area contributed by atoms with Gasteiger partial charge in [0.1, 0.15) is 0 Å². The summed E-state index contributed by atoms with van der Waals surface area (Å²) in [7, 11) is 0. The lowest BCUT2D eigenvalue weighted by atomic mass is 9.98. The van der Waals surface area contributed by atoms with Crippen molar-refractivity contribution in [2.45, 2.75) is 38.6 Å². The maximum atomic E-state index is 5.70. The highest BCUT2D eigenvalue weighted by Gasteiger charge is 2.18. The molecule has 0 amide bonds. The SMILES string of the molecule is Cc1ccc(CC(NC(=S)N2CCCCC2)c2ccccc2)cc1. The van der Waals surface area contributed by atoms with Gasteiger partial charge in [0.05, 0.1) is 6.04 Å². The molecule has 0 aliphatic carbocycles. The summed E-state index contributed by atoms with van der Waals surface area (Å²) < 4.78 is 0. The van der Waals surface area contributed by atoms with Crippen molar-refractivity contribution in [3.63, 3.8) is 0 Å². The molecule has 0 saturated carbocycles. The van der Waals surface area contributed by atoms with Gasteiger partial charge in [-0.25, -0.2) is 0 Å². The predicted molar refractivity (Wildman–Crippen MR) is 105 cm³/mol. The summed E-state index contributed by atoms with van der Waals surface area (Å²) in [5.74, 6) is 0. The van der Waals surface area contributed by atoms with Crippen LogP contribution >= 0.6 is 12.2 Å². The Bertz CT molecular complexity index is 645. The fraction of sp³-hybridized carbons (Fsp3) is 0.381. The molecule has 3 rings (SSSR count). The van der Waals surface area contributed by atoms with E-state index < -0.39 is 0 Å². The van der Waals surface area contributed by atoms with Crippen molar-refractivity contribution in [3.05, 3.63) is 71.3 Å². The average Bonchev–Trinajstić information content (AvgIpc) is 2.64. The fourth-order valence-electron chi connectivity index (χ4n) is 3.23. The minimum Gasteiger partial charge on any atom is -0.355 e. The van der Waals surface area contributed by atoms with Crippen molar-refractivity contribution < 1.29 is 0 Å². The first-order chi connectivity index (χ1) is 11.7. The third-order valence-corrected chi connectivity index (χ3v) is 5.08. The first-order valence-corrected chi connectivity index (χ1v) is 9.29. The van der Waals surface area contributed by atoms with Gasteiger partial charge in [0.2, 0.25) is 0 Å². The van der Waals surface area contributed by atoms with Crippen LogP contribution in [0.3, 0.4) is 0 Å². The molecule has 1 unspecified atom stereocenters. The van der Waals surface area contributed by atoms with E-state index in [1.54, 1.807) is 0 Å². The Kier molecular flexibility index (Phi) is 5.86. The van der Waals surface area contributed by atoms with E-state index in [2.05, 4.69) is 71.7 Å². The van der Waals surface area contributed by atoms with Crippen LogP contribution in [0.4, 0.5) is 0 Å². The molecule has 2 nitrogen and oxygen atoms in total. The highest BCUT2D eigenvalue weighted by Crippen LogP contribution is 2.20. The zero-order chi connectivity index (χ0) is 16.8. The molecule has 0 spiro atoms. The summed E-state index contributed by atoms with van der Waals surface area (Å²) in [5, 5.41) is 4.52. The average molecular weight is 339 g/mol. The third-order valence-electron chi connectivity index (χ3n) is 4.70. The molecule has 1 aliphatic rings. The molecule has 126 valence electrons. The van der Waals surface area contributed by atoms with Gasteiger partial charge in [-0.2, -0.15) is 0 Å². The van der Waals surface area contributed by atoms with Crippen LogP contribution in [-0.4, -0.2) is 23.1 Å². The summed E-state index contributed by atoms with van der Waals surface area (Å²) in [4.78, 5) is 2.32. The topological polar surface area (TPSA) is 15.3 Å². The van der Waals surface area contributed by atoms with Crippen LogP contribution in [-0.2, 0) is 6.42 Å². The van der Waals surface area contributed by atoms with E-state index in [9.17, 15) is 0 Å².